The van der Waals surface area contributed by atoms with Crippen molar-refractivity contribution in [3.05, 3.63) is 40.9 Å². The Kier molecular flexibility index (Phi) is 8.30. The molecule has 0 radical (unpaired) electrons. The van der Waals surface area contributed by atoms with Crippen molar-refractivity contribution in [3.8, 4) is 10.6 Å². The van der Waals surface area contributed by atoms with Crippen LogP contribution in [0.2, 0.25) is 0 Å². The molecule has 1 saturated heterocycles. The molecular formula is C23H36N2S. The van der Waals surface area contributed by atoms with Crippen LogP contribution in [0.25, 0.3) is 10.6 Å². The quantitative estimate of drug-likeness (QED) is 0.572. The normalized spacial score (nSPS) is 16.0. The van der Waals surface area contributed by atoms with Crippen LogP contribution in [0, 0.1) is 11.8 Å². The average Bonchev–Trinajstić information content (AvgIpc) is 3.15. The molecule has 0 aliphatic carbocycles. The molecule has 0 spiro atoms. The predicted molar refractivity (Wildman–Crippen MR) is 116 cm³/mol. The van der Waals surface area contributed by atoms with E-state index in [4.69, 9.17) is 0 Å². The fourth-order valence-corrected chi connectivity index (χ4v) is 4.40. The van der Waals surface area contributed by atoms with Crippen LogP contribution in [0.3, 0.4) is 0 Å². The Bertz CT molecular complexity index is 634. The third-order valence-corrected chi connectivity index (χ3v) is 6.62. The predicted octanol–water partition coefficient (Wildman–Crippen LogP) is 6.83. The minimum absolute atomic E-state index is 0.560. The van der Waals surface area contributed by atoms with Gasteiger partial charge in [-0.05, 0) is 49.2 Å². The first-order chi connectivity index (χ1) is 12.5. The van der Waals surface area contributed by atoms with E-state index in [0.29, 0.717) is 5.92 Å². The first-order valence-electron chi connectivity index (χ1n) is 10.3. The largest absolute Gasteiger partial charge is 0.299 e. The summed E-state index contributed by atoms with van der Waals surface area (Å²) in [6.07, 6.45) is 4.73. The minimum Gasteiger partial charge on any atom is -0.299 e. The van der Waals surface area contributed by atoms with Gasteiger partial charge in [0, 0.05) is 23.2 Å². The van der Waals surface area contributed by atoms with E-state index in [-0.39, 0.29) is 0 Å². The van der Waals surface area contributed by atoms with E-state index in [0.717, 1.165) is 23.4 Å². The van der Waals surface area contributed by atoms with Gasteiger partial charge in [-0.3, -0.25) is 4.90 Å². The fourth-order valence-electron chi connectivity index (χ4n) is 3.48. The number of benzene rings is 1. The molecule has 1 aromatic carbocycles. The Hall–Kier alpha value is -1.19. The third-order valence-electron chi connectivity index (χ3n) is 5.27. The number of hydrogen-bond acceptors (Lipinski definition) is 3. The maximum absolute atomic E-state index is 4.59. The number of thiazole rings is 1. The van der Waals surface area contributed by atoms with Gasteiger partial charge < -0.3 is 0 Å². The Balaban J connectivity index is 0.00000117. The average molecular weight is 373 g/mol. The lowest BCUT2D eigenvalue weighted by atomic mass is 9.86. The zero-order valence-corrected chi connectivity index (χ0v) is 18.3. The number of nitrogens with zero attached hydrogens (tertiary/aromatic N) is 2. The molecule has 144 valence electrons. The van der Waals surface area contributed by atoms with E-state index < -0.39 is 0 Å². The van der Waals surface area contributed by atoms with Crippen molar-refractivity contribution in [3.63, 3.8) is 0 Å². The highest BCUT2D eigenvalue weighted by atomic mass is 32.1. The lowest BCUT2D eigenvalue weighted by Gasteiger charge is -2.33. The van der Waals surface area contributed by atoms with Gasteiger partial charge in [-0.1, -0.05) is 65.8 Å². The van der Waals surface area contributed by atoms with Gasteiger partial charge in [-0.25, -0.2) is 4.98 Å². The summed E-state index contributed by atoms with van der Waals surface area (Å²) in [5, 5.41) is 1.14. The molecule has 3 rings (SSSR count). The van der Waals surface area contributed by atoms with Crippen LogP contribution in [-0.2, 0) is 6.54 Å². The van der Waals surface area contributed by atoms with E-state index in [1.54, 1.807) is 0 Å². The van der Waals surface area contributed by atoms with E-state index in [1.807, 2.05) is 31.4 Å². The standard InChI is InChI=1S/C21H30N2S.C2H6/c1-15(2)18-9-11-23(12-10-18)14-17-5-7-19(8-6-17)21-22-13-20(24-21)16(3)4;1-2/h5-8,13,15-16,18H,9-12,14H2,1-4H3;1-2H3. The van der Waals surface area contributed by atoms with Crippen LogP contribution in [0.5, 0.6) is 0 Å². The van der Waals surface area contributed by atoms with Crippen LogP contribution < -0.4 is 0 Å². The summed E-state index contributed by atoms with van der Waals surface area (Å²) in [5.41, 5.74) is 2.66. The Morgan fingerprint density at radius 2 is 1.65 bits per heavy atom. The molecule has 0 unspecified atom stereocenters. The lowest BCUT2D eigenvalue weighted by molar-refractivity contribution is 0.152. The van der Waals surface area contributed by atoms with E-state index in [1.165, 1.54) is 41.9 Å². The number of piperidine rings is 1. The monoisotopic (exact) mass is 372 g/mol. The molecule has 2 heterocycles. The summed E-state index contributed by atoms with van der Waals surface area (Å²) in [6, 6.07) is 9.03. The number of aromatic nitrogens is 1. The van der Waals surface area contributed by atoms with Crippen molar-refractivity contribution in [2.75, 3.05) is 13.1 Å². The molecule has 2 nitrogen and oxygen atoms in total. The first kappa shape index (κ1) is 21.1. The van der Waals surface area contributed by atoms with Gasteiger partial charge >= 0.3 is 0 Å². The van der Waals surface area contributed by atoms with Crippen LogP contribution in [0.4, 0.5) is 0 Å². The minimum atomic E-state index is 0.560. The van der Waals surface area contributed by atoms with Crippen molar-refractivity contribution in [1.82, 2.24) is 9.88 Å². The fraction of sp³-hybridized carbons (Fsp3) is 0.609. The second-order valence-corrected chi connectivity index (χ2v) is 8.84. The highest BCUT2D eigenvalue weighted by Gasteiger charge is 2.21. The summed E-state index contributed by atoms with van der Waals surface area (Å²) in [6.45, 7) is 16.8. The number of likely N-dealkylation sites (tertiary alicyclic amines) is 1. The molecule has 0 N–H and O–H groups in total. The van der Waals surface area contributed by atoms with Crippen LogP contribution >= 0.6 is 11.3 Å². The molecule has 3 heteroatoms. The molecule has 1 aliphatic heterocycles. The van der Waals surface area contributed by atoms with Crippen LogP contribution in [0.15, 0.2) is 30.5 Å². The number of rotatable bonds is 5. The second-order valence-electron chi connectivity index (χ2n) is 7.78. The van der Waals surface area contributed by atoms with Crippen molar-refractivity contribution in [2.45, 2.75) is 66.8 Å². The lowest BCUT2D eigenvalue weighted by Crippen LogP contribution is -2.34. The van der Waals surface area contributed by atoms with E-state index in [9.17, 15) is 0 Å². The molecule has 26 heavy (non-hydrogen) atoms. The number of hydrogen-bond donors (Lipinski definition) is 0. The molecule has 0 bridgehead atoms. The molecular weight excluding hydrogens is 336 g/mol. The van der Waals surface area contributed by atoms with Gasteiger partial charge in [-0.2, -0.15) is 0 Å². The maximum atomic E-state index is 4.59. The van der Waals surface area contributed by atoms with Gasteiger partial charge in [0.25, 0.3) is 0 Å². The molecule has 0 atom stereocenters. The van der Waals surface area contributed by atoms with Gasteiger partial charge in [0.15, 0.2) is 0 Å². The van der Waals surface area contributed by atoms with Crippen molar-refractivity contribution in [2.24, 2.45) is 11.8 Å². The summed E-state index contributed by atoms with van der Waals surface area (Å²) < 4.78 is 0. The smallest absolute Gasteiger partial charge is 0.123 e. The molecule has 1 aromatic heterocycles. The van der Waals surface area contributed by atoms with Gasteiger partial charge in [0.2, 0.25) is 0 Å². The summed E-state index contributed by atoms with van der Waals surface area (Å²) >= 11 is 1.82. The molecule has 1 fully saturated rings. The maximum Gasteiger partial charge on any atom is 0.123 e. The topological polar surface area (TPSA) is 16.1 Å². The van der Waals surface area contributed by atoms with E-state index >= 15 is 0 Å². The molecule has 1 aliphatic rings. The third kappa shape index (κ3) is 5.65. The van der Waals surface area contributed by atoms with E-state index in [2.05, 4.69) is 61.8 Å². The summed E-state index contributed by atoms with van der Waals surface area (Å²) in [4.78, 5) is 8.55. The zero-order valence-electron chi connectivity index (χ0n) is 17.5. The summed E-state index contributed by atoms with van der Waals surface area (Å²) in [7, 11) is 0. The molecule has 0 saturated carbocycles. The van der Waals surface area contributed by atoms with Gasteiger partial charge in [-0.15, -0.1) is 11.3 Å². The Labute approximate surface area is 164 Å². The van der Waals surface area contributed by atoms with Crippen LogP contribution in [-0.4, -0.2) is 23.0 Å². The van der Waals surface area contributed by atoms with Crippen molar-refractivity contribution in [1.29, 1.82) is 0 Å². The SMILES string of the molecule is CC.CC(C)c1cnc(-c2ccc(CN3CCC(C(C)C)CC3)cc2)s1. The highest BCUT2D eigenvalue weighted by molar-refractivity contribution is 7.15. The zero-order chi connectivity index (χ0) is 19.1. The second kappa shape index (κ2) is 10.2. The van der Waals surface area contributed by atoms with Gasteiger partial charge in [0.1, 0.15) is 5.01 Å². The van der Waals surface area contributed by atoms with Crippen LogP contribution in [0.1, 0.15) is 70.7 Å². The molecule has 0 amide bonds. The summed E-state index contributed by atoms with van der Waals surface area (Å²) in [5.74, 6) is 2.31. The van der Waals surface area contributed by atoms with Crippen molar-refractivity contribution >= 4 is 11.3 Å². The van der Waals surface area contributed by atoms with Crippen molar-refractivity contribution < 1.29 is 0 Å². The van der Waals surface area contributed by atoms with Gasteiger partial charge in [0.05, 0.1) is 0 Å². The Morgan fingerprint density at radius 3 is 2.15 bits per heavy atom. The highest BCUT2D eigenvalue weighted by Crippen LogP contribution is 2.30. The first-order valence-corrected chi connectivity index (χ1v) is 11.1. The molecule has 2 aromatic rings. The Morgan fingerprint density at radius 1 is 1.04 bits per heavy atom.